The Morgan fingerprint density at radius 1 is 1.06 bits per heavy atom. The van der Waals surface area contributed by atoms with Gasteiger partial charge in [0.25, 0.3) is 5.95 Å². The van der Waals surface area contributed by atoms with Crippen LogP contribution in [0.1, 0.15) is 50.0 Å². The summed E-state index contributed by atoms with van der Waals surface area (Å²) >= 11 is 0. The first-order chi connectivity index (χ1) is 15.9. The molecule has 0 aromatic heterocycles. The molecule has 1 aromatic rings. The van der Waals surface area contributed by atoms with Crippen LogP contribution in [0, 0.1) is 5.92 Å². The first-order valence-electron chi connectivity index (χ1n) is 12.1. The summed E-state index contributed by atoms with van der Waals surface area (Å²) in [5.41, 5.74) is 2.40. The molecule has 33 heavy (non-hydrogen) atoms. The number of piperidine rings is 2. The smallest absolute Gasteiger partial charge is 0.401 e. The zero-order chi connectivity index (χ0) is 23.3. The van der Waals surface area contributed by atoms with Crippen molar-refractivity contribution in [1.82, 2.24) is 4.90 Å². The zero-order valence-electron chi connectivity index (χ0n) is 19.4. The fourth-order valence-electron chi connectivity index (χ4n) is 5.10. The number of allylic oxidation sites excluding steroid dienone is 1. The Hall–Kier alpha value is -2.09. The maximum Gasteiger partial charge on any atom is 0.401 e. The molecular formula is C25H35F3N2O3. The van der Waals surface area contributed by atoms with Gasteiger partial charge in [0.1, 0.15) is 5.75 Å². The lowest BCUT2D eigenvalue weighted by molar-refractivity contribution is -0.147. The van der Waals surface area contributed by atoms with E-state index < -0.39 is 12.7 Å². The van der Waals surface area contributed by atoms with E-state index in [4.69, 9.17) is 14.2 Å². The van der Waals surface area contributed by atoms with Gasteiger partial charge in [0.15, 0.2) is 0 Å². The molecule has 0 amide bonds. The number of hydrogen-bond acceptors (Lipinski definition) is 5. The number of benzene rings is 1. The Kier molecular flexibility index (Phi) is 7.94. The molecule has 2 saturated heterocycles. The maximum absolute atomic E-state index is 12.8. The lowest BCUT2D eigenvalue weighted by Crippen LogP contribution is -2.40. The molecule has 0 radical (unpaired) electrons. The van der Waals surface area contributed by atoms with Crippen molar-refractivity contribution in [1.29, 1.82) is 0 Å². The molecule has 0 aliphatic carbocycles. The van der Waals surface area contributed by atoms with Crippen LogP contribution in [0.5, 0.6) is 5.75 Å². The van der Waals surface area contributed by atoms with Gasteiger partial charge in [0, 0.05) is 24.8 Å². The number of anilines is 1. The van der Waals surface area contributed by atoms with E-state index in [1.165, 1.54) is 16.2 Å². The molecule has 0 bridgehead atoms. The maximum atomic E-state index is 12.8. The number of likely N-dealkylation sites (tertiary alicyclic amines) is 1. The van der Waals surface area contributed by atoms with Crippen molar-refractivity contribution in [2.75, 3.05) is 57.9 Å². The molecule has 2 fully saturated rings. The van der Waals surface area contributed by atoms with E-state index in [-0.39, 0.29) is 5.92 Å². The summed E-state index contributed by atoms with van der Waals surface area (Å²) in [6.45, 7) is 3.43. The molecular weight excluding hydrogens is 433 g/mol. The van der Waals surface area contributed by atoms with Gasteiger partial charge in [-0.1, -0.05) is 6.07 Å². The number of ether oxygens (including phenoxy) is 3. The summed E-state index contributed by atoms with van der Waals surface area (Å²) in [6.07, 6.45) is 3.52. The summed E-state index contributed by atoms with van der Waals surface area (Å²) in [7, 11) is 1.67. The van der Waals surface area contributed by atoms with E-state index in [9.17, 15) is 13.2 Å². The Bertz CT molecular complexity index is 799. The number of rotatable bonds is 7. The van der Waals surface area contributed by atoms with Crippen LogP contribution in [0.25, 0.3) is 0 Å². The first kappa shape index (κ1) is 24.0. The van der Waals surface area contributed by atoms with Crippen LogP contribution < -0.4 is 9.64 Å². The fourth-order valence-corrected chi connectivity index (χ4v) is 5.10. The van der Waals surface area contributed by atoms with Crippen LogP contribution >= 0.6 is 0 Å². The monoisotopic (exact) mass is 468 g/mol. The third-order valence-electron chi connectivity index (χ3n) is 6.99. The molecule has 5 nitrogen and oxygen atoms in total. The number of halogens is 3. The SMILES string of the molecule is COc1ccc(C2CCN(CC(F)(F)F)CC2)c(N2CCC(COC3=CCCCO3)CC2)c1. The Labute approximate surface area is 194 Å². The van der Waals surface area contributed by atoms with Crippen molar-refractivity contribution in [2.24, 2.45) is 5.92 Å². The quantitative estimate of drug-likeness (QED) is 0.541. The van der Waals surface area contributed by atoms with Gasteiger partial charge in [0.2, 0.25) is 0 Å². The molecule has 3 aliphatic heterocycles. The van der Waals surface area contributed by atoms with Crippen molar-refractivity contribution in [3.05, 3.63) is 35.8 Å². The minimum Gasteiger partial charge on any atom is -0.497 e. The molecule has 0 unspecified atom stereocenters. The second-order valence-electron chi connectivity index (χ2n) is 9.35. The second kappa shape index (κ2) is 10.9. The minimum absolute atomic E-state index is 0.270. The summed E-state index contributed by atoms with van der Waals surface area (Å²) in [4.78, 5) is 3.93. The number of alkyl halides is 3. The lowest BCUT2D eigenvalue weighted by Gasteiger charge is -2.38. The van der Waals surface area contributed by atoms with Gasteiger partial charge in [0.05, 0.1) is 26.9 Å². The second-order valence-corrected chi connectivity index (χ2v) is 9.35. The predicted octanol–water partition coefficient (Wildman–Crippen LogP) is 5.32. The fraction of sp³-hybridized carbons (Fsp3) is 0.680. The van der Waals surface area contributed by atoms with Gasteiger partial charge >= 0.3 is 6.18 Å². The van der Waals surface area contributed by atoms with Crippen LogP contribution in [0.15, 0.2) is 30.2 Å². The summed E-state index contributed by atoms with van der Waals surface area (Å²) in [5, 5.41) is 0. The predicted molar refractivity (Wildman–Crippen MR) is 122 cm³/mol. The van der Waals surface area contributed by atoms with Gasteiger partial charge in [-0.3, -0.25) is 4.90 Å². The summed E-state index contributed by atoms with van der Waals surface area (Å²) < 4.78 is 55.2. The van der Waals surface area contributed by atoms with E-state index in [0.717, 1.165) is 64.0 Å². The Balaban J connectivity index is 1.36. The van der Waals surface area contributed by atoms with Crippen LogP contribution in [0.3, 0.4) is 0 Å². The average molecular weight is 469 g/mol. The largest absolute Gasteiger partial charge is 0.497 e. The normalized spacial score (nSPS) is 21.5. The van der Waals surface area contributed by atoms with Gasteiger partial charge in [-0.2, -0.15) is 13.2 Å². The van der Waals surface area contributed by atoms with Crippen LogP contribution in [0.2, 0.25) is 0 Å². The molecule has 4 rings (SSSR count). The topological polar surface area (TPSA) is 34.2 Å². The van der Waals surface area contributed by atoms with Crippen molar-refractivity contribution in [3.63, 3.8) is 0 Å². The van der Waals surface area contributed by atoms with Crippen molar-refractivity contribution in [2.45, 2.75) is 50.6 Å². The Morgan fingerprint density at radius 3 is 2.45 bits per heavy atom. The van der Waals surface area contributed by atoms with Gasteiger partial charge < -0.3 is 19.1 Å². The van der Waals surface area contributed by atoms with Gasteiger partial charge in [-0.05, 0) is 81.2 Å². The Morgan fingerprint density at radius 2 is 1.82 bits per heavy atom. The minimum atomic E-state index is -4.13. The molecule has 0 saturated carbocycles. The summed E-state index contributed by atoms with van der Waals surface area (Å²) in [6, 6.07) is 6.18. The van der Waals surface area contributed by atoms with E-state index in [0.29, 0.717) is 31.6 Å². The third-order valence-corrected chi connectivity index (χ3v) is 6.99. The van der Waals surface area contributed by atoms with E-state index in [1.807, 2.05) is 12.1 Å². The zero-order valence-corrected chi connectivity index (χ0v) is 19.4. The summed E-state index contributed by atoms with van der Waals surface area (Å²) in [5.74, 6) is 2.25. The van der Waals surface area contributed by atoms with Crippen molar-refractivity contribution < 1.29 is 27.4 Å². The van der Waals surface area contributed by atoms with E-state index >= 15 is 0 Å². The van der Waals surface area contributed by atoms with Crippen molar-refractivity contribution >= 4 is 5.69 Å². The molecule has 1 aromatic carbocycles. The van der Waals surface area contributed by atoms with E-state index in [2.05, 4.69) is 17.0 Å². The molecule has 8 heteroatoms. The highest BCUT2D eigenvalue weighted by molar-refractivity contribution is 5.59. The average Bonchev–Trinajstić information content (AvgIpc) is 2.83. The molecule has 3 aliphatic rings. The number of hydrogen-bond donors (Lipinski definition) is 0. The number of methoxy groups -OCH3 is 1. The van der Waals surface area contributed by atoms with Crippen LogP contribution in [0.4, 0.5) is 18.9 Å². The molecule has 184 valence electrons. The lowest BCUT2D eigenvalue weighted by atomic mass is 9.87. The van der Waals surface area contributed by atoms with Crippen LogP contribution in [-0.4, -0.2) is 64.1 Å². The molecule has 0 N–H and O–H groups in total. The molecule has 3 heterocycles. The van der Waals surface area contributed by atoms with E-state index in [1.54, 1.807) is 7.11 Å². The molecule has 0 atom stereocenters. The van der Waals surface area contributed by atoms with Gasteiger partial charge in [-0.15, -0.1) is 0 Å². The van der Waals surface area contributed by atoms with Gasteiger partial charge in [-0.25, -0.2) is 0 Å². The van der Waals surface area contributed by atoms with Crippen LogP contribution in [-0.2, 0) is 9.47 Å². The highest BCUT2D eigenvalue weighted by Crippen LogP contribution is 2.39. The molecule has 0 spiro atoms. The first-order valence-corrected chi connectivity index (χ1v) is 12.1. The standard InChI is InChI=1S/C25H35F3N2O3/c1-31-21-5-6-22(20-9-11-29(12-10-20)18-25(26,27)28)23(16-21)30-13-7-19(8-14-30)17-33-24-4-2-3-15-32-24/h4-6,16,19-20H,2-3,7-15,17-18H2,1H3. The third kappa shape index (κ3) is 6.71. The van der Waals surface area contributed by atoms with Crippen molar-refractivity contribution in [3.8, 4) is 5.75 Å². The highest BCUT2D eigenvalue weighted by Gasteiger charge is 2.33. The highest BCUT2D eigenvalue weighted by atomic mass is 19.4. The number of nitrogens with zero attached hydrogens (tertiary/aromatic N) is 2.